The Labute approximate surface area is 232 Å². The molecule has 0 heterocycles. The molecular weight excluding hydrogens is 705 g/mol. The Morgan fingerprint density at radius 2 is 1.74 bits per heavy atom. The number of benzene rings is 3. The highest BCUT2D eigenvalue weighted by Gasteiger charge is 2.15. The van der Waals surface area contributed by atoms with Crippen molar-refractivity contribution < 1.29 is 19.4 Å². The normalized spacial score (nSPS) is 11.0. The highest BCUT2D eigenvalue weighted by molar-refractivity contribution is 14.1. The number of rotatable bonds is 7. The summed E-state index contributed by atoms with van der Waals surface area (Å²) in [6, 6.07) is 16.8. The van der Waals surface area contributed by atoms with Crippen LogP contribution in [0.25, 0.3) is 6.08 Å². The number of carbonyl (C=O) groups is 2. The standard InChI is InChI=1S/C24H14Cl2I2N2O4/c25-17-2-1-3-20(21(17)26)30-23(31)16(11-29)8-14-9-18(27)22(19(28)10-14)34-12-13-4-6-15(7-5-13)24(32)33/h1-10H,12H2,(H,30,31)(H,32,33)/b16-8-. The van der Waals surface area contributed by atoms with E-state index in [0.717, 1.165) is 12.7 Å². The molecule has 6 nitrogen and oxygen atoms in total. The van der Waals surface area contributed by atoms with Crippen molar-refractivity contribution in [3.05, 3.63) is 94.0 Å². The van der Waals surface area contributed by atoms with Gasteiger partial charge >= 0.3 is 5.97 Å². The van der Waals surface area contributed by atoms with Gasteiger partial charge in [0.05, 0.1) is 28.4 Å². The number of hydrogen-bond acceptors (Lipinski definition) is 4. The second-order valence-electron chi connectivity index (χ2n) is 6.83. The molecule has 2 N–H and O–H groups in total. The molecule has 172 valence electrons. The smallest absolute Gasteiger partial charge is 0.335 e. The zero-order valence-electron chi connectivity index (χ0n) is 17.1. The lowest BCUT2D eigenvalue weighted by atomic mass is 10.1. The molecule has 0 saturated carbocycles. The van der Waals surface area contributed by atoms with Gasteiger partial charge in [-0.25, -0.2) is 4.79 Å². The number of amides is 1. The zero-order chi connectivity index (χ0) is 24.8. The molecule has 0 aromatic heterocycles. The van der Waals surface area contributed by atoms with Gasteiger partial charge in [-0.15, -0.1) is 0 Å². The van der Waals surface area contributed by atoms with Crippen LogP contribution in [0.2, 0.25) is 10.0 Å². The highest BCUT2D eigenvalue weighted by Crippen LogP contribution is 2.32. The SMILES string of the molecule is N#C/C(=C/c1cc(I)c(OCc2ccc(C(=O)O)cc2)c(I)c1)C(=O)Nc1cccc(Cl)c1Cl. The van der Waals surface area contributed by atoms with Crippen LogP contribution < -0.4 is 10.1 Å². The molecule has 10 heteroatoms. The van der Waals surface area contributed by atoms with E-state index in [9.17, 15) is 14.9 Å². The first-order chi connectivity index (χ1) is 16.2. The summed E-state index contributed by atoms with van der Waals surface area (Å²) in [5.74, 6) is -0.947. The van der Waals surface area contributed by atoms with Gasteiger partial charge in [0.15, 0.2) is 0 Å². The minimum absolute atomic E-state index is 0.102. The second-order valence-corrected chi connectivity index (χ2v) is 9.94. The Hall–Kier alpha value is -2.33. The molecule has 3 aromatic rings. The molecule has 0 radical (unpaired) electrons. The summed E-state index contributed by atoms with van der Waals surface area (Å²) in [5, 5.41) is 21.6. The topological polar surface area (TPSA) is 99.4 Å². The third-order valence-corrected chi connectivity index (χ3v) is 6.90. The van der Waals surface area contributed by atoms with E-state index in [4.69, 9.17) is 33.0 Å². The fourth-order valence-corrected chi connectivity index (χ4v) is 5.28. The van der Waals surface area contributed by atoms with Gasteiger partial charge in [0, 0.05) is 0 Å². The van der Waals surface area contributed by atoms with Crippen LogP contribution in [-0.2, 0) is 11.4 Å². The number of nitrogens with zero attached hydrogens (tertiary/aromatic N) is 1. The number of carboxylic acids is 1. The van der Waals surface area contributed by atoms with E-state index >= 15 is 0 Å². The van der Waals surface area contributed by atoms with Crippen molar-refractivity contribution in [3.63, 3.8) is 0 Å². The molecule has 0 unspecified atom stereocenters. The average Bonchev–Trinajstić information content (AvgIpc) is 2.80. The van der Waals surface area contributed by atoms with Crippen LogP contribution in [0.5, 0.6) is 5.75 Å². The van der Waals surface area contributed by atoms with E-state index < -0.39 is 11.9 Å². The van der Waals surface area contributed by atoms with Gasteiger partial charge in [0.2, 0.25) is 0 Å². The van der Waals surface area contributed by atoms with Crippen LogP contribution in [0, 0.1) is 18.5 Å². The van der Waals surface area contributed by atoms with Crippen LogP contribution in [0.4, 0.5) is 5.69 Å². The molecule has 0 aliphatic heterocycles. The summed E-state index contributed by atoms with van der Waals surface area (Å²) in [4.78, 5) is 23.6. The maximum atomic E-state index is 12.6. The molecular formula is C24H14Cl2I2N2O4. The van der Waals surface area contributed by atoms with Crippen molar-refractivity contribution in [2.45, 2.75) is 6.61 Å². The van der Waals surface area contributed by atoms with Crippen molar-refractivity contribution in [2.24, 2.45) is 0 Å². The van der Waals surface area contributed by atoms with Crippen LogP contribution >= 0.6 is 68.4 Å². The summed E-state index contributed by atoms with van der Waals surface area (Å²) in [6.07, 6.45) is 1.48. The number of nitriles is 1. The number of nitrogens with one attached hydrogen (secondary N) is 1. The predicted molar refractivity (Wildman–Crippen MR) is 148 cm³/mol. The number of carboxylic acid groups (broad SMARTS) is 1. The summed E-state index contributed by atoms with van der Waals surface area (Å²) in [6.45, 7) is 0.257. The molecule has 34 heavy (non-hydrogen) atoms. The molecule has 0 fully saturated rings. The first kappa shape index (κ1) is 26.3. The molecule has 0 aliphatic rings. The quantitative estimate of drug-likeness (QED) is 0.155. The predicted octanol–water partition coefficient (Wildman–Crippen LogP) is 7.03. The molecule has 3 aromatic carbocycles. The van der Waals surface area contributed by atoms with Crippen molar-refractivity contribution in [3.8, 4) is 11.8 Å². The van der Waals surface area contributed by atoms with E-state index in [0.29, 0.717) is 22.0 Å². The number of ether oxygens (including phenoxy) is 1. The van der Waals surface area contributed by atoms with E-state index in [2.05, 4.69) is 50.5 Å². The van der Waals surface area contributed by atoms with Gasteiger partial charge in [-0.2, -0.15) is 5.26 Å². The fraction of sp³-hybridized carbons (Fsp3) is 0.0417. The van der Waals surface area contributed by atoms with Crippen molar-refractivity contribution in [2.75, 3.05) is 5.32 Å². The zero-order valence-corrected chi connectivity index (χ0v) is 22.9. The van der Waals surface area contributed by atoms with E-state index in [-0.39, 0.29) is 22.8 Å². The minimum atomic E-state index is -0.985. The van der Waals surface area contributed by atoms with Gasteiger partial charge in [-0.1, -0.05) is 41.4 Å². The Kier molecular flexibility index (Phi) is 9.18. The van der Waals surface area contributed by atoms with Crippen LogP contribution in [0.15, 0.2) is 60.2 Å². The maximum absolute atomic E-state index is 12.6. The molecule has 0 spiro atoms. The van der Waals surface area contributed by atoms with Crippen molar-refractivity contribution in [1.82, 2.24) is 0 Å². The largest absolute Gasteiger partial charge is 0.487 e. The first-order valence-electron chi connectivity index (χ1n) is 9.51. The highest BCUT2D eigenvalue weighted by atomic mass is 127. The molecule has 0 bridgehead atoms. The number of hydrogen-bond donors (Lipinski definition) is 2. The van der Waals surface area contributed by atoms with E-state index in [1.54, 1.807) is 42.5 Å². The van der Waals surface area contributed by atoms with Gasteiger partial charge < -0.3 is 15.2 Å². The summed E-state index contributed by atoms with van der Waals surface area (Å²) >= 11 is 16.3. The lowest BCUT2D eigenvalue weighted by Crippen LogP contribution is -2.13. The Morgan fingerprint density at radius 1 is 1.09 bits per heavy atom. The van der Waals surface area contributed by atoms with Crippen molar-refractivity contribution in [1.29, 1.82) is 5.26 Å². The minimum Gasteiger partial charge on any atom is -0.487 e. The number of aromatic carboxylic acids is 1. The monoisotopic (exact) mass is 718 g/mol. The number of carbonyl (C=O) groups excluding carboxylic acids is 1. The van der Waals surface area contributed by atoms with Crippen LogP contribution in [0.3, 0.4) is 0 Å². The van der Waals surface area contributed by atoms with Crippen molar-refractivity contribution >= 4 is 92.0 Å². The fourth-order valence-electron chi connectivity index (χ4n) is 2.81. The molecule has 3 rings (SSSR count). The van der Waals surface area contributed by atoms with E-state index in [1.807, 2.05) is 6.07 Å². The molecule has 0 aliphatic carbocycles. The average molecular weight is 719 g/mol. The summed E-state index contributed by atoms with van der Waals surface area (Å²) < 4.78 is 7.51. The molecule has 0 saturated heterocycles. The second kappa shape index (κ2) is 11.9. The van der Waals surface area contributed by atoms with Gasteiger partial charge in [-0.3, -0.25) is 4.79 Å². The summed E-state index contributed by atoms with van der Waals surface area (Å²) in [7, 11) is 0. The van der Waals surface area contributed by atoms with Gasteiger partial charge in [0.25, 0.3) is 5.91 Å². The van der Waals surface area contributed by atoms with Crippen LogP contribution in [0.1, 0.15) is 21.5 Å². The third kappa shape index (κ3) is 6.63. The summed E-state index contributed by atoms with van der Waals surface area (Å²) in [5.41, 5.74) is 1.89. The Bertz CT molecular complexity index is 1310. The van der Waals surface area contributed by atoms with Crippen LogP contribution in [-0.4, -0.2) is 17.0 Å². The first-order valence-corrected chi connectivity index (χ1v) is 12.4. The third-order valence-electron chi connectivity index (χ3n) is 4.48. The van der Waals surface area contributed by atoms with Gasteiger partial charge in [0.1, 0.15) is 24.0 Å². The van der Waals surface area contributed by atoms with E-state index in [1.165, 1.54) is 18.2 Å². The lowest BCUT2D eigenvalue weighted by molar-refractivity contribution is -0.112. The maximum Gasteiger partial charge on any atom is 0.335 e. The Morgan fingerprint density at radius 3 is 2.32 bits per heavy atom. The Balaban J connectivity index is 1.76. The lowest BCUT2D eigenvalue weighted by Gasteiger charge is -2.12. The number of halogens is 4. The molecule has 1 amide bonds. The number of anilines is 1. The van der Waals surface area contributed by atoms with Gasteiger partial charge in [-0.05, 0) is 98.8 Å². The molecule has 0 atom stereocenters.